The Kier molecular flexibility index (Phi) is 4.56. The highest BCUT2D eigenvalue weighted by atomic mass is 32.2. The van der Waals surface area contributed by atoms with Gasteiger partial charge in [-0.15, -0.1) is 0 Å². The monoisotopic (exact) mass is 236 g/mol. The van der Waals surface area contributed by atoms with Gasteiger partial charge in [0.15, 0.2) is 0 Å². The minimum absolute atomic E-state index is 0.287. The zero-order chi connectivity index (χ0) is 12.1. The van der Waals surface area contributed by atoms with Crippen molar-refractivity contribution in [2.45, 2.75) is 38.2 Å². The summed E-state index contributed by atoms with van der Waals surface area (Å²) in [5, 5.41) is 9.42. The van der Waals surface area contributed by atoms with E-state index in [2.05, 4.69) is 23.8 Å². The van der Waals surface area contributed by atoms with E-state index < -0.39 is 0 Å². The van der Waals surface area contributed by atoms with Crippen molar-refractivity contribution in [3.63, 3.8) is 0 Å². The maximum absolute atomic E-state index is 8.83. The predicted molar refractivity (Wildman–Crippen MR) is 66.9 cm³/mol. The molecule has 1 rings (SSSR count). The second-order valence-corrected chi connectivity index (χ2v) is 5.05. The van der Waals surface area contributed by atoms with Crippen LogP contribution in [0.2, 0.25) is 0 Å². The van der Waals surface area contributed by atoms with Crippen molar-refractivity contribution in [1.29, 1.82) is 5.26 Å². The average molecular weight is 236 g/mol. The first-order valence-electron chi connectivity index (χ1n) is 5.23. The lowest BCUT2D eigenvalue weighted by Gasteiger charge is -2.08. The molecular weight excluding hydrogens is 220 g/mol. The Labute approximate surface area is 100 Å². The molecule has 2 N–H and O–H groups in total. The van der Waals surface area contributed by atoms with Gasteiger partial charge in [0.05, 0.1) is 11.4 Å². The second-order valence-electron chi connectivity index (χ2n) is 3.63. The van der Waals surface area contributed by atoms with Crippen LogP contribution in [0.5, 0.6) is 0 Å². The van der Waals surface area contributed by atoms with Gasteiger partial charge in [0.25, 0.3) is 0 Å². The molecule has 0 bridgehead atoms. The number of nitrogens with zero attached hydrogens (tertiary/aromatic N) is 3. The van der Waals surface area contributed by atoms with Gasteiger partial charge >= 0.3 is 0 Å². The largest absolute Gasteiger partial charge is 0.382 e. The molecule has 0 amide bonds. The number of aryl methyl sites for hydroxylation is 1. The smallest absolute Gasteiger partial charge is 0.145 e. The zero-order valence-corrected chi connectivity index (χ0v) is 10.6. The van der Waals surface area contributed by atoms with Crippen molar-refractivity contribution in [3.8, 4) is 6.07 Å². The fourth-order valence-electron chi connectivity index (χ4n) is 1.19. The van der Waals surface area contributed by atoms with Gasteiger partial charge in [-0.05, 0) is 13.3 Å². The SMILES string of the molecule is CCC(C)SCc1nc(C)c(C#N)c(N)n1. The first-order valence-corrected chi connectivity index (χ1v) is 6.28. The van der Waals surface area contributed by atoms with Crippen LogP contribution < -0.4 is 5.73 Å². The number of nitrogen functional groups attached to an aromatic ring is 1. The molecule has 0 fully saturated rings. The zero-order valence-electron chi connectivity index (χ0n) is 9.82. The van der Waals surface area contributed by atoms with Gasteiger partial charge in [-0.2, -0.15) is 17.0 Å². The van der Waals surface area contributed by atoms with Crippen LogP contribution in [0, 0.1) is 18.3 Å². The fourth-order valence-corrected chi connectivity index (χ4v) is 1.99. The molecule has 1 aromatic heterocycles. The molecule has 1 heterocycles. The average Bonchev–Trinajstić information content (AvgIpc) is 2.25. The van der Waals surface area contributed by atoms with E-state index in [1.807, 2.05) is 6.07 Å². The van der Waals surface area contributed by atoms with E-state index in [4.69, 9.17) is 11.0 Å². The molecule has 0 spiro atoms. The summed E-state index contributed by atoms with van der Waals surface area (Å²) in [6.45, 7) is 6.11. The Morgan fingerprint density at radius 2 is 2.19 bits per heavy atom. The lowest BCUT2D eigenvalue weighted by atomic mass is 10.2. The van der Waals surface area contributed by atoms with Crippen molar-refractivity contribution in [1.82, 2.24) is 9.97 Å². The van der Waals surface area contributed by atoms with E-state index in [1.54, 1.807) is 18.7 Å². The van der Waals surface area contributed by atoms with Crippen LogP contribution in [0.15, 0.2) is 0 Å². The maximum atomic E-state index is 8.83. The lowest BCUT2D eigenvalue weighted by Crippen LogP contribution is -2.05. The van der Waals surface area contributed by atoms with E-state index in [0.29, 0.717) is 22.3 Å². The molecule has 0 aromatic carbocycles. The summed E-state index contributed by atoms with van der Waals surface area (Å²) in [6, 6.07) is 2.01. The Hall–Kier alpha value is -1.28. The van der Waals surface area contributed by atoms with Crippen LogP contribution in [0.4, 0.5) is 5.82 Å². The Morgan fingerprint density at radius 3 is 2.69 bits per heavy atom. The van der Waals surface area contributed by atoms with Crippen LogP contribution in [0.25, 0.3) is 0 Å². The van der Waals surface area contributed by atoms with E-state index in [0.717, 1.165) is 12.2 Å². The molecular formula is C11H16N4S. The molecule has 1 aromatic rings. The number of anilines is 1. The highest BCUT2D eigenvalue weighted by molar-refractivity contribution is 7.99. The van der Waals surface area contributed by atoms with E-state index in [-0.39, 0.29) is 5.82 Å². The fraction of sp³-hybridized carbons (Fsp3) is 0.545. The van der Waals surface area contributed by atoms with Crippen molar-refractivity contribution in [3.05, 3.63) is 17.1 Å². The van der Waals surface area contributed by atoms with Crippen LogP contribution in [0.1, 0.15) is 37.4 Å². The van der Waals surface area contributed by atoms with Gasteiger partial charge in [-0.25, -0.2) is 9.97 Å². The van der Waals surface area contributed by atoms with E-state index in [1.165, 1.54) is 0 Å². The number of hydrogen-bond acceptors (Lipinski definition) is 5. The number of nitriles is 1. The van der Waals surface area contributed by atoms with Gasteiger partial charge in [0.2, 0.25) is 0 Å². The van der Waals surface area contributed by atoms with E-state index >= 15 is 0 Å². The molecule has 1 unspecified atom stereocenters. The summed E-state index contributed by atoms with van der Waals surface area (Å²) >= 11 is 1.80. The number of hydrogen-bond donors (Lipinski definition) is 1. The molecule has 86 valence electrons. The van der Waals surface area contributed by atoms with Crippen LogP contribution in [-0.4, -0.2) is 15.2 Å². The van der Waals surface area contributed by atoms with Gasteiger partial charge in [-0.3, -0.25) is 0 Å². The van der Waals surface area contributed by atoms with Crippen LogP contribution >= 0.6 is 11.8 Å². The van der Waals surface area contributed by atoms with E-state index in [9.17, 15) is 0 Å². The Balaban J connectivity index is 2.81. The molecule has 0 aliphatic heterocycles. The van der Waals surface area contributed by atoms with Crippen molar-refractivity contribution >= 4 is 17.6 Å². The van der Waals surface area contributed by atoms with Crippen molar-refractivity contribution in [2.24, 2.45) is 0 Å². The topological polar surface area (TPSA) is 75.6 Å². The highest BCUT2D eigenvalue weighted by Crippen LogP contribution is 2.19. The Bertz CT molecular complexity index is 388. The normalized spacial score (nSPS) is 12.1. The van der Waals surface area contributed by atoms with Crippen LogP contribution in [-0.2, 0) is 5.75 Å². The van der Waals surface area contributed by atoms with Crippen molar-refractivity contribution < 1.29 is 0 Å². The van der Waals surface area contributed by atoms with Crippen molar-refractivity contribution in [2.75, 3.05) is 5.73 Å². The summed E-state index contributed by atoms with van der Waals surface area (Å²) < 4.78 is 0. The second kappa shape index (κ2) is 5.71. The van der Waals surface area contributed by atoms with Gasteiger partial charge in [0, 0.05) is 5.25 Å². The highest BCUT2D eigenvalue weighted by Gasteiger charge is 2.09. The van der Waals surface area contributed by atoms with Crippen LogP contribution in [0.3, 0.4) is 0 Å². The number of thioether (sulfide) groups is 1. The molecule has 16 heavy (non-hydrogen) atoms. The van der Waals surface area contributed by atoms with Gasteiger partial charge < -0.3 is 5.73 Å². The molecule has 5 heteroatoms. The third kappa shape index (κ3) is 3.11. The minimum atomic E-state index is 0.287. The number of nitrogens with two attached hydrogens (primary N) is 1. The molecule has 0 radical (unpaired) electrons. The molecule has 1 atom stereocenters. The maximum Gasteiger partial charge on any atom is 0.145 e. The first-order chi connectivity index (χ1) is 7.58. The standard InChI is InChI=1S/C11H16N4S/c1-4-7(2)16-6-10-14-8(3)9(5-12)11(13)15-10/h7H,4,6H2,1-3H3,(H2,13,14,15). The summed E-state index contributed by atoms with van der Waals surface area (Å²) in [7, 11) is 0. The quantitative estimate of drug-likeness (QED) is 0.867. The number of aromatic nitrogens is 2. The molecule has 0 aliphatic carbocycles. The molecule has 0 saturated carbocycles. The van der Waals surface area contributed by atoms with Gasteiger partial charge in [0.1, 0.15) is 23.3 Å². The summed E-state index contributed by atoms with van der Waals surface area (Å²) in [5.41, 5.74) is 6.74. The lowest BCUT2D eigenvalue weighted by molar-refractivity contribution is 0.899. The molecule has 4 nitrogen and oxygen atoms in total. The minimum Gasteiger partial charge on any atom is -0.382 e. The first kappa shape index (κ1) is 12.8. The molecule has 0 saturated heterocycles. The predicted octanol–water partition coefficient (Wildman–Crippen LogP) is 2.27. The summed E-state index contributed by atoms with van der Waals surface area (Å²) in [4.78, 5) is 8.41. The third-order valence-corrected chi connectivity index (χ3v) is 3.68. The third-order valence-electron chi connectivity index (χ3n) is 2.35. The van der Waals surface area contributed by atoms with Gasteiger partial charge in [-0.1, -0.05) is 13.8 Å². The molecule has 0 aliphatic rings. The summed E-state index contributed by atoms with van der Waals surface area (Å²) in [6.07, 6.45) is 1.12. The number of rotatable bonds is 4. The Morgan fingerprint density at radius 1 is 1.50 bits per heavy atom. The summed E-state index contributed by atoms with van der Waals surface area (Å²) in [5.74, 6) is 1.74.